The number of carbonyl (C=O) groups excluding carboxylic acids is 1. The Hall–Kier alpha value is -2.44. The van der Waals surface area contributed by atoms with Gasteiger partial charge in [-0.25, -0.2) is 4.79 Å². The molecule has 0 saturated heterocycles. The lowest BCUT2D eigenvalue weighted by atomic mass is 9.94. The van der Waals surface area contributed by atoms with Gasteiger partial charge in [-0.2, -0.15) is 0 Å². The number of aromatic nitrogens is 4. The van der Waals surface area contributed by atoms with Crippen LogP contribution >= 0.6 is 0 Å². The molecule has 7 nitrogen and oxygen atoms in total. The van der Waals surface area contributed by atoms with E-state index >= 15 is 0 Å². The third-order valence-corrected chi connectivity index (χ3v) is 5.19. The number of hydrogen-bond donors (Lipinski definition) is 1. The maximum Gasteiger partial charge on any atom is 0.318 e. The number of aryl methyl sites for hydroxylation is 1. The SMILES string of the molecule is CCCn1cnnc1[C@H](C)NC(=O)N(Cc1cccnc1)C1CCCCC1. The molecule has 1 aliphatic carbocycles. The van der Waals surface area contributed by atoms with Gasteiger partial charge in [0.25, 0.3) is 0 Å². The highest BCUT2D eigenvalue weighted by atomic mass is 16.2. The molecule has 0 bridgehead atoms. The number of urea groups is 1. The normalized spacial score (nSPS) is 16.1. The molecule has 0 aromatic carbocycles. The van der Waals surface area contributed by atoms with Crippen molar-refractivity contribution in [1.82, 2.24) is 30.0 Å². The van der Waals surface area contributed by atoms with E-state index in [9.17, 15) is 4.79 Å². The molecule has 1 saturated carbocycles. The van der Waals surface area contributed by atoms with Crippen LogP contribution in [0.1, 0.15) is 69.8 Å². The molecule has 7 heteroatoms. The highest BCUT2D eigenvalue weighted by Gasteiger charge is 2.27. The van der Waals surface area contributed by atoms with Crippen molar-refractivity contribution >= 4 is 6.03 Å². The highest BCUT2D eigenvalue weighted by Crippen LogP contribution is 2.24. The molecular weight excluding hydrogens is 340 g/mol. The van der Waals surface area contributed by atoms with E-state index in [1.165, 1.54) is 19.3 Å². The van der Waals surface area contributed by atoms with Crippen molar-refractivity contribution in [3.63, 3.8) is 0 Å². The van der Waals surface area contributed by atoms with Crippen molar-refractivity contribution in [1.29, 1.82) is 0 Å². The molecule has 27 heavy (non-hydrogen) atoms. The second kappa shape index (κ2) is 9.48. The van der Waals surface area contributed by atoms with Gasteiger partial charge in [-0.05, 0) is 37.8 Å². The summed E-state index contributed by atoms with van der Waals surface area (Å²) in [6.45, 7) is 5.52. The standard InChI is InChI=1S/C20H30N6O/c1-3-12-25-15-22-24-19(25)16(2)23-20(27)26(18-9-5-4-6-10-18)14-17-8-7-11-21-13-17/h7-8,11,13,15-16,18H,3-6,9-10,12,14H2,1-2H3,(H,23,27)/t16-/m0/s1. The summed E-state index contributed by atoms with van der Waals surface area (Å²) in [4.78, 5) is 19.3. The van der Waals surface area contributed by atoms with Gasteiger partial charge >= 0.3 is 6.03 Å². The molecule has 0 aliphatic heterocycles. The molecule has 2 amide bonds. The zero-order valence-corrected chi connectivity index (χ0v) is 16.3. The van der Waals surface area contributed by atoms with Crippen molar-refractivity contribution in [3.05, 3.63) is 42.2 Å². The predicted molar refractivity (Wildman–Crippen MR) is 104 cm³/mol. The summed E-state index contributed by atoms with van der Waals surface area (Å²) in [5, 5.41) is 11.4. The fourth-order valence-electron chi connectivity index (χ4n) is 3.79. The first-order chi connectivity index (χ1) is 13.2. The Morgan fingerprint density at radius 3 is 2.89 bits per heavy atom. The maximum atomic E-state index is 13.2. The van der Waals surface area contributed by atoms with Crippen molar-refractivity contribution < 1.29 is 4.79 Å². The van der Waals surface area contributed by atoms with Gasteiger partial charge in [0.1, 0.15) is 6.33 Å². The van der Waals surface area contributed by atoms with Crippen molar-refractivity contribution in [2.24, 2.45) is 0 Å². The van der Waals surface area contributed by atoms with E-state index in [1.807, 2.05) is 34.7 Å². The topological polar surface area (TPSA) is 75.9 Å². The summed E-state index contributed by atoms with van der Waals surface area (Å²) in [7, 11) is 0. The van der Waals surface area contributed by atoms with Gasteiger partial charge in [-0.15, -0.1) is 10.2 Å². The number of pyridine rings is 1. The molecular formula is C20H30N6O. The summed E-state index contributed by atoms with van der Waals surface area (Å²) in [6.07, 6.45) is 12.1. The molecule has 2 aromatic heterocycles. The summed E-state index contributed by atoms with van der Waals surface area (Å²) in [5.41, 5.74) is 1.06. The Bertz CT molecular complexity index is 710. The molecule has 0 spiro atoms. The van der Waals surface area contributed by atoms with E-state index in [0.29, 0.717) is 6.54 Å². The Labute approximate surface area is 161 Å². The lowest BCUT2D eigenvalue weighted by Crippen LogP contribution is -2.47. The minimum Gasteiger partial charge on any atom is -0.328 e. The predicted octanol–water partition coefficient (Wildman–Crippen LogP) is 3.69. The van der Waals surface area contributed by atoms with Crippen LogP contribution in [0.2, 0.25) is 0 Å². The third kappa shape index (κ3) is 5.05. The molecule has 0 radical (unpaired) electrons. The number of hydrogen-bond acceptors (Lipinski definition) is 4. The average molecular weight is 371 g/mol. The summed E-state index contributed by atoms with van der Waals surface area (Å²) >= 11 is 0. The van der Waals surface area contributed by atoms with Crippen molar-refractivity contribution in [2.45, 2.75) is 77.5 Å². The van der Waals surface area contributed by atoms with Crippen molar-refractivity contribution in [2.75, 3.05) is 0 Å². The lowest BCUT2D eigenvalue weighted by molar-refractivity contribution is 0.148. The summed E-state index contributed by atoms with van der Waals surface area (Å²) in [6, 6.07) is 4.00. The number of carbonyl (C=O) groups is 1. The van der Waals surface area contributed by atoms with Gasteiger partial charge in [0, 0.05) is 31.5 Å². The van der Waals surface area contributed by atoms with E-state index in [4.69, 9.17) is 0 Å². The quantitative estimate of drug-likeness (QED) is 0.806. The number of nitrogens with one attached hydrogen (secondary N) is 1. The number of rotatable bonds is 7. The van der Waals surface area contributed by atoms with Gasteiger partial charge in [0.15, 0.2) is 5.82 Å². The first-order valence-electron chi connectivity index (χ1n) is 10.0. The molecule has 1 fully saturated rings. The van der Waals surface area contributed by atoms with Gasteiger partial charge in [-0.1, -0.05) is 32.3 Å². The first-order valence-corrected chi connectivity index (χ1v) is 10.0. The minimum atomic E-state index is -0.188. The molecule has 1 N–H and O–H groups in total. The van der Waals surface area contributed by atoms with Gasteiger partial charge in [-0.3, -0.25) is 4.98 Å². The lowest BCUT2D eigenvalue weighted by Gasteiger charge is -2.35. The van der Waals surface area contributed by atoms with E-state index in [0.717, 1.165) is 37.2 Å². The highest BCUT2D eigenvalue weighted by molar-refractivity contribution is 5.75. The zero-order valence-electron chi connectivity index (χ0n) is 16.3. The number of amides is 2. The van der Waals surface area contributed by atoms with E-state index in [2.05, 4.69) is 27.4 Å². The van der Waals surface area contributed by atoms with Crippen LogP contribution in [0.5, 0.6) is 0 Å². The second-order valence-electron chi connectivity index (χ2n) is 7.33. The Morgan fingerprint density at radius 1 is 1.37 bits per heavy atom. The van der Waals surface area contributed by atoms with Gasteiger partial charge in [0.05, 0.1) is 6.04 Å². The zero-order chi connectivity index (χ0) is 19.1. The van der Waals surface area contributed by atoms with Gasteiger partial charge < -0.3 is 14.8 Å². The monoisotopic (exact) mass is 370 g/mol. The van der Waals surface area contributed by atoms with Crippen LogP contribution in [0.4, 0.5) is 4.79 Å². The summed E-state index contributed by atoms with van der Waals surface area (Å²) < 4.78 is 2.01. The first kappa shape index (κ1) is 19.3. The minimum absolute atomic E-state index is 0.0377. The molecule has 2 aromatic rings. The van der Waals surface area contributed by atoms with E-state index < -0.39 is 0 Å². The smallest absolute Gasteiger partial charge is 0.318 e. The molecule has 1 aliphatic rings. The van der Waals surface area contributed by atoms with Crippen LogP contribution in [-0.2, 0) is 13.1 Å². The Morgan fingerprint density at radius 2 is 2.19 bits per heavy atom. The maximum absolute atomic E-state index is 13.2. The fourth-order valence-corrected chi connectivity index (χ4v) is 3.79. The van der Waals surface area contributed by atoms with Gasteiger partial charge in [0.2, 0.25) is 0 Å². The number of nitrogens with zero attached hydrogens (tertiary/aromatic N) is 5. The molecule has 3 rings (SSSR count). The largest absolute Gasteiger partial charge is 0.328 e. The Balaban J connectivity index is 1.72. The molecule has 1 atom stereocenters. The second-order valence-corrected chi connectivity index (χ2v) is 7.33. The van der Waals surface area contributed by atoms with Crippen LogP contribution in [0.25, 0.3) is 0 Å². The average Bonchev–Trinajstić information content (AvgIpc) is 3.16. The van der Waals surface area contributed by atoms with Crippen LogP contribution in [-0.4, -0.2) is 36.7 Å². The molecule has 2 heterocycles. The summed E-state index contributed by atoms with van der Waals surface area (Å²) in [5.74, 6) is 0.801. The van der Waals surface area contributed by atoms with Crippen LogP contribution in [0, 0.1) is 0 Å². The fraction of sp³-hybridized carbons (Fsp3) is 0.600. The van der Waals surface area contributed by atoms with E-state index in [1.54, 1.807) is 12.5 Å². The third-order valence-electron chi connectivity index (χ3n) is 5.19. The van der Waals surface area contributed by atoms with Crippen LogP contribution in [0.3, 0.4) is 0 Å². The van der Waals surface area contributed by atoms with E-state index in [-0.39, 0.29) is 18.1 Å². The van der Waals surface area contributed by atoms with Crippen LogP contribution < -0.4 is 5.32 Å². The molecule has 0 unspecified atom stereocenters. The van der Waals surface area contributed by atoms with Crippen molar-refractivity contribution in [3.8, 4) is 0 Å². The van der Waals surface area contributed by atoms with Crippen LogP contribution in [0.15, 0.2) is 30.9 Å². The Kier molecular flexibility index (Phi) is 6.79. The molecule has 146 valence electrons.